The SMILES string of the molecule is C[C@]12CC(=O)[C@H]3[C@@H](CC=C4C[C@@H](O)CC[C@@]43C)[C@@H]1CC[C@@H]2C(=O)CO.C[C@]12CCC3C(CC[C@@H]4C[C@H](OC5O[C@H](C(=O)O)[C@@H](O)[C@H](O)[C@H]5O)CC[C@]34C)C1CC[C@@H]2C(=O)COC1O[C@H](C(=O)O)[C@@H](O)[C@H](O)[C@H]1O. The van der Waals surface area contributed by atoms with Crippen molar-refractivity contribution in [2.75, 3.05) is 13.2 Å². The molecule has 2 heterocycles. The van der Waals surface area contributed by atoms with Gasteiger partial charge >= 0.3 is 11.9 Å². The normalized spacial score (nSPS) is 51.0. The van der Waals surface area contributed by atoms with E-state index in [2.05, 4.69) is 33.8 Å². The molecule has 19 heteroatoms. The molecule has 410 valence electrons. The van der Waals surface area contributed by atoms with Crippen molar-refractivity contribution in [3.05, 3.63) is 11.6 Å². The fourth-order valence-corrected chi connectivity index (χ4v) is 17.8. The zero-order valence-electron chi connectivity index (χ0n) is 42.6. The van der Waals surface area contributed by atoms with E-state index >= 15 is 0 Å². The van der Waals surface area contributed by atoms with Gasteiger partial charge in [-0.1, -0.05) is 39.3 Å². The lowest BCUT2D eigenvalue weighted by Gasteiger charge is -2.61. The summed E-state index contributed by atoms with van der Waals surface area (Å²) in [4.78, 5) is 62.1. The standard InChI is InChI=1S/C33H50O15.C21H30O4/c1-32-9-7-14(46-31-25(40)21(36)23(38)27(48-31)29(43)44)11-13(32)3-4-15-16-5-6-18(33(16,2)10-8-17(15)32)19(34)12-45-30-24(39)20(35)22(37)26(47-30)28(41)42;1-20-8-7-13(23)9-12(20)3-4-14-15-5-6-16(18(25)11-22)21(15,2)10-17(24)19(14)20/h13-18,20-27,30-31,35-40H,3-12H2,1-2H3,(H,41,42)(H,43,44);3,13-16,19,22-23H,4-11H2,1-2H3/t13-,14-,15?,16?,17?,18-,20+,21+,22+,23+,24-,25-,26+,27+,30?,31?,32+,33+;13-,14-,15-,16+,19+,20-,21-/m10/s1. The van der Waals surface area contributed by atoms with Crippen molar-refractivity contribution in [3.8, 4) is 0 Å². The number of hydrogen-bond donors (Lipinski definition) is 10. The van der Waals surface area contributed by atoms with Crippen LogP contribution in [-0.2, 0) is 42.9 Å². The lowest BCUT2D eigenvalue weighted by molar-refractivity contribution is -0.309. The van der Waals surface area contributed by atoms with Gasteiger partial charge in [-0.2, -0.15) is 0 Å². The van der Waals surface area contributed by atoms with Crippen molar-refractivity contribution in [1.29, 1.82) is 0 Å². The zero-order valence-corrected chi connectivity index (χ0v) is 42.6. The number of carboxylic acids is 2. The van der Waals surface area contributed by atoms with E-state index in [0.717, 1.165) is 70.6 Å². The van der Waals surface area contributed by atoms with Gasteiger partial charge < -0.3 is 70.0 Å². The van der Waals surface area contributed by atoms with Crippen molar-refractivity contribution in [2.24, 2.45) is 74.9 Å². The van der Waals surface area contributed by atoms with Crippen molar-refractivity contribution < 1.29 is 94.0 Å². The number of Topliss-reactive ketones (excluding diaryl/α,β-unsaturated/α-hetero) is 3. The summed E-state index contributed by atoms with van der Waals surface area (Å²) in [6, 6.07) is 0. The Kier molecular flexibility index (Phi) is 15.5. The minimum absolute atomic E-state index is 0.0290. The van der Waals surface area contributed by atoms with Crippen molar-refractivity contribution >= 4 is 29.3 Å². The largest absolute Gasteiger partial charge is 0.479 e. The number of ether oxygens (including phenoxy) is 4. The fraction of sp³-hybridized carbons (Fsp3) is 0.870. The topological polar surface area (TPSA) is 325 Å². The second-order valence-corrected chi connectivity index (χ2v) is 25.0. The van der Waals surface area contributed by atoms with Gasteiger partial charge in [-0.25, -0.2) is 9.59 Å². The Labute approximate surface area is 426 Å². The van der Waals surface area contributed by atoms with Crippen LogP contribution < -0.4 is 0 Å². The number of carbonyl (C=O) groups excluding carboxylic acids is 3. The van der Waals surface area contributed by atoms with E-state index in [9.17, 15) is 75.0 Å². The summed E-state index contributed by atoms with van der Waals surface area (Å²) in [6.45, 7) is 8.05. The molecule has 0 spiro atoms. The predicted octanol–water partition coefficient (Wildman–Crippen LogP) is 2.07. The smallest absolute Gasteiger partial charge is 0.335 e. The summed E-state index contributed by atoms with van der Waals surface area (Å²) in [5, 5.41) is 99.1. The molecule has 0 aromatic heterocycles. The summed E-state index contributed by atoms with van der Waals surface area (Å²) < 4.78 is 22.2. The second kappa shape index (κ2) is 20.5. The van der Waals surface area contributed by atoms with Gasteiger partial charge in [0.1, 0.15) is 55.6 Å². The van der Waals surface area contributed by atoms with Crippen LogP contribution in [-0.4, -0.2) is 167 Å². The van der Waals surface area contributed by atoms with E-state index in [1.807, 2.05) is 0 Å². The minimum atomic E-state index is -1.84. The minimum Gasteiger partial charge on any atom is -0.479 e. The molecule has 0 radical (unpaired) electrons. The Hall–Kier alpha value is -2.79. The van der Waals surface area contributed by atoms with Crippen LogP contribution in [0, 0.1) is 74.9 Å². The van der Waals surface area contributed by atoms with Gasteiger partial charge in [-0.05, 0) is 153 Å². The molecule has 0 amide bonds. The molecule has 2 saturated heterocycles. The van der Waals surface area contributed by atoms with Crippen LogP contribution in [0.15, 0.2) is 11.6 Å². The number of carbonyl (C=O) groups is 5. The summed E-state index contributed by atoms with van der Waals surface area (Å²) in [5.41, 5.74) is 0.664. The average molecular weight is 1030 g/mol. The van der Waals surface area contributed by atoms with Crippen molar-refractivity contribution in [3.63, 3.8) is 0 Å². The summed E-state index contributed by atoms with van der Waals surface area (Å²) in [6.07, 6.45) is -2.06. The molecule has 10 aliphatic rings. The molecule has 5 unspecified atom stereocenters. The Morgan fingerprint density at radius 1 is 0.630 bits per heavy atom. The molecule has 0 aromatic rings. The molecular weight excluding hydrogens is 953 g/mol. The van der Waals surface area contributed by atoms with Crippen LogP contribution in [0.2, 0.25) is 0 Å². The maximum Gasteiger partial charge on any atom is 0.335 e. The molecule has 19 nitrogen and oxygen atoms in total. The highest BCUT2D eigenvalue weighted by Crippen LogP contribution is 2.68. The van der Waals surface area contributed by atoms with Gasteiger partial charge in [-0.15, -0.1) is 0 Å². The van der Waals surface area contributed by atoms with E-state index in [1.54, 1.807) is 0 Å². The summed E-state index contributed by atoms with van der Waals surface area (Å²) in [5.74, 6) is -1.09. The maximum absolute atomic E-state index is 13.6. The first-order valence-corrected chi connectivity index (χ1v) is 27.1. The molecule has 10 N–H and O–H groups in total. The van der Waals surface area contributed by atoms with Crippen LogP contribution >= 0.6 is 0 Å². The Morgan fingerprint density at radius 2 is 1.21 bits per heavy atom. The first-order valence-electron chi connectivity index (χ1n) is 27.1. The number of ketones is 3. The van der Waals surface area contributed by atoms with Crippen molar-refractivity contribution in [1.82, 2.24) is 0 Å². The molecule has 8 aliphatic carbocycles. The number of rotatable bonds is 10. The second-order valence-electron chi connectivity index (χ2n) is 25.0. The molecule has 2 aliphatic heterocycles. The average Bonchev–Trinajstić information content (AvgIpc) is 3.89. The van der Waals surface area contributed by atoms with Crippen LogP contribution in [0.3, 0.4) is 0 Å². The zero-order chi connectivity index (χ0) is 52.9. The highest BCUT2D eigenvalue weighted by Gasteiger charge is 2.64. The van der Waals surface area contributed by atoms with Crippen LogP contribution in [0.4, 0.5) is 0 Å². The monoisotopic (exact) mass is 1030 g/mol. The van der Waals surface area contributed by atoms with Gasteiger partial charge in [-0.3, -0.25) is 14.4 Å². The number of aliphatic hydroxyl groups excluding tert-OH is 8. The molecule has 9 fully saturated rings. The third-order valence-electron chi connectivity index (χ3n) is 21.7. The van der Waals surface area contributed by atoms with E-state index in [1.165, 1.54) is 5.57 Å². The van der Waals surface area contributed by atoms with Crippen LogP contribution in [0.25, 0.3) is 0 Å². The Morgan fingerprint density at radius 3 is 1.84 bits per heavy atom. The van der Waals surface area contributed by atoms with Gasteiger partial charge in [0.25, 0.3) is 0 Å². The number of carboxylic acid groups (broad SMARTS) is 2. The fourth-order valence-electron chi connectivity index (χ4n) is 17.8. The third kappa shape index (κ3) is 9.31. The molecule has 0 aromatic carbocycles. The van der Waals surface area contributed by atoms with Gasteiger partial charge in [0.05, 0.1) is 12.2 Å². The lowest BCUT2D eigenvalue weighted by Crippen LogP contribution is -2.61. The number of allylic oxidation sites excluding steroid dienone is 1. The number of aliphatic carboxylic acids is 2. The Bertz CT molecular complexity index is 2150. The maximum atomic E-state index is 13.6. The quantitative estimate of drug-likeness (QED) is 0.111. The lowest BCUT2D eigenvalue weighted by atomic mass is 9.44. The number of aliphatic hydroxyl groups is 8. The Balaban J connectivity index is 0.000000219. The van der Waals surface area contributed by atoms with Crippen LogP contribution in [0.5, 0.6) is 0 Å². The number of hydrogen-bond acceptors (Lipinski definition) is 17. The van der Waals surface area contributed by atoms with Gasteiger partial charge in [0, 0.05) is 24.2 Å². The summed E-state index contributed by atoms with van der Waals surface area (Å²) in [7, 11) is 0. The van der Waals surface area contributed by atoms with Gasteiger partial charge in [0.2, 0.25) is 0 Å². The summed E-state index contributed by atoms with van der Waals surface area (Å²) >= 11 is 0. The molecule has 0 bridgehead atoms. The molecule has 73 heavy (non-hydrogen) atoms. The molecule has 7 saturated carbocycles. The van der Waals surface area contributed by atoms with Gasteiger partial charge in [0.15, 0.2) is 36.4 Å². The van der Waals surface area contributed by atoms with Crippen LogP contribution in [0.1, 0.15) is 130 Å². The third-order valence-corrected chi connectivity index (χ3v) is 21.7. The van der Waals surface area contributed by atoms with Crippen molar-refractivity contribution in [2.45, 2.75) is 204 Å². The van der Waals surface area contributed by atoms with E-state index < -0.39 is 86.6 Å². The highest BCUT2D eigenvalue weighted by atomic mass is 16.7. The molecular formula is C54H80O19. The predicted molar refractivity (Wildman–Crippen MR) is 253 cm³/mol. The highest BCUT2D eigenvalue weighted by molar-refractivity contribution is 5.88. The molecule has 10 rings (SSSR count). The van der Waals surface area contributed by atoms with E-state index in [-0.39, 0.29) is 63.2 Å². The van der Waals surface area contributed by atoms with E-state index in [4.69, 9.17) is 18.9 Å². The number of fused-ring (bicyclic) bond motifs is 10. The first-order chi connectivity index (χ1) is 34.4. The van der Waals surface area contributed by atoms with E-state index in [0.29, 0.717) is 73.4 Å². The molecule has 25 atom stereocenters. The first kappa shape index (κ1) is 55.0.